The van der Waals surface area contributed by atoms with E-state index in [0.29, 0.717) is 18.1 Å². The van der Waals surface area contributed by atoms with E-state index in [2.05, 4.69) is 20.7 Å². The molecule has 0 unspecified atom stereocenters. The standard InChI is InChI=1S/C13H16FN5O/c1-3-4-15-12-11(5-9(14)6-16-12)13(20)18-10-7-17-19(2)8-10/h5-8H,3-4H2,1-2H3,(H,15,16)(H,18,20). The van der Waals surface area contributed by atoms with Gasteiger partial charge in [0.2, 0.25) is 0 Å². The van der Waals surface area contributed by atoms with Crippen molar-refractivity contribution in [3.05, 3.63) is 36.0 Å². The number of anilines is 2. The minimum atomic E-state index is -0.552. The molecule has 2 aromatic heterocycles. The van der Waals surface area contributed by atoms with Crippen LogP contribution in [0.5, 0.6) is 0 Å². The molecule has 106 valence electrons. The summed E-state index contributed by atoms with van der Waals surface area (Å²) >= 11 is 0. The summed E-state index contributed by atoms with van der Waals surface area (Å²) in [6.07, 6.45) is 5.13. The molecule has 2 rings (SSSR count). The molecule has 2 N–H and O–H groups in total. The Morgan fingerprint density at radius 3 is 2.90 bits per heavy atom. The van der Waals surface area contributed by atoms with Gasteiger partial charge >= 0.3 is 0 Å². The van der Waals surface area contributed by atoms with E-state index in [-0.39, 0.29) is 5.56 Å². The Hall–Kier alpha value is -2.44. The topological polar surface area (TPSA) is 71.8 Å². The lowest BCUT2D eigenvalue weighted by Gasteiger charge is -2.10. The number of nitrogens with zero attached hydrogens (tertiary/aromatic N) is 3. The first kappa shape index (κ1) is 14.0. The first-order valence-electron chi connectivity index (χ1n) is 6.29. The monoisotopic (exact) mass is 277 g/mol. The lowest BCUT2D eigenvalue weighted by molar-refractivity contribution is 0.102. The van der Waals surface area contributed by atoms with Crippen LogP contribution in [-0.4, -0.2) is 27.2 Å². The quantitative estimate of drug-likeness (QED) is 0.877. The zero-order valence-electron chi connectivity index (χ0n) is 11.4. The Morgan fingerprint density at radius 1 is 1.45 bits per heavy atom. The van der Waals surface area contributed by atoms with Gasteiger partial charge in [0.1, 0.15) is 11.6 Å². The number of pyridine rings is 1. The maximum atomic E-state index is 13.3. The molecule has 0 saturated carbocycles. The summed E-state index contributed by atoms with van der Waals surface area (Å²) in [5.74, 6) is -0.610. The Bertz CT molecular complexity index is 611. The van der Waals surface area contributed by atoms with Crippen LogP contribution in [0, 0.1) is 5.82 Å². The van der Waals surface area contributed by atoms with E-state index in [9.17, 15) is 9.18 Å². The molecule has 1 amide bonds. The third-order valence-electron chi connectivity index (χ3n) is 2.60. The second-order valence-electron chi connectivity index (χ2n) is 4.33. The minimum absolute atomic E-state index is 0.169. The fourth-order valence-corrected chi connectivity index (χ4v) is 1.68. The number of nitrogens with one attached hydrogen (secondary N) is 2. The highest BCUT2D eigenvalue weighted by molar-refractivity contribution is 6.07. The summed E-state index contributed by atoms with van der Waals surface area (Å²) in [6.45, 7) is 2.65. The molecule has 0 atom stereocenters. The molecule has 0 aliphatic heterocycles. The van der Waals surface area contributed by atoms with Crippen molar-refractivity contribution in [3.8, 4) is 0 Å². The molecule has 7 heteroatoms. The van der Waals surface area contributed by atoms with E-state index >= 15 is 0 Å². The third-order valence-corrected chi connectivity index (χ3v) is 2.60. The first-order chi connectivity index (χ1) is 9.60. The highest BCUT2D eigenvalue weighted by atomic mass is 19.1. The molecule has 0 bridgehead atoms. The molecular formula is C13H16FN5O. The Morgan fingerprint density at radius 2 is 2.25 bits per heavy atom. The highest BCUT2D eigenvalue weighted by Gasteiger charge is 2.14. The zero-order chi connectivity index (χ0) is 14.5. The number of amides is 1. The Balaban J connectivity index is 2.21. The van der Waals surface area contributed by atoms with Crippen LogP contribution in [0.25, 0.3) is 0 Å². The van der Waals surface area contributed by atoms with Gasteiger partial charge in [-0.1, -0.05) is 6.92 Å². The molecule has 6 nitrogen and oxygen atoms in total. The maximum absolute atomic E-state index is 13.3. The van der Waals surface area contributed by atoms with Crippen molar-refractivity contribution in [1.82, 2.24) is 14.8 Å². The lowest BCUT2D eigenvalue weighted by Crippen LogP contribution is -2.16. The van der Waals surface area contributed by atoms with Gasteiger partial charge in [0, 0.05) is 19.8 Å². The number of halogens is 1. The van der Waals surface area contributed by atoms with Crippen LogP contribution in [0.4, 0.5) is 15.9 Å². The van der Waals surface area contributed by atoms with Crippen molar-refractivity contribution in [1.29, 1.82) is 0 Å². The molecule has 2 heterocycles. The van der Waals surface area contributed by atoms with Crippen molar-refractivity contribution < 1.29 is 9.18 Å². The van der Waals surface area contributed by atoms with Gasteiger partial charge in [-0.05, 0) is 12.5 Å². The van der Waals surface area contributed by atoms with Crippen molar-refractivity contribution >= 4 is 17.4 Å². The van der Waals surface area contributed by atoms with E-state index in [1.165, 1.54) is 6.20 Å². The van der Waals surface area contributed by atoms with Gasteiger partial charge in [-0.3, -0.25) is 9.48 Å². The SMILES string of the molecule is CCCNc1ncc(F)cc1C(=O)Nc1cnn(C)c1. The van der Waals surface area contributed by atoms with Gasteiger partial charge in [0.25, 0.3) is 5.91 Å². The Labute approximate surface area is 116 Å². The van der Waals surface area contributed by atoms with E-state index < -0.39 is 11.7 Å². The van der Waals surface area contributed by atoms with Gasteiger partial charge in [0.15, 0.2) is 0 Å². The number of rotatable bonds is 5. The molecule has 0 aliphatic carbocycles. The van der Waals surface area contributed by atoms with Crippen LogP contribution in [-0.2, 0) is 7.05 Å². The van der Waals surface area contributed by atoms with Gasteiger partial charge in [-0.25, -0.2) is 9.37 Å². The number of carbonyl (C=O) groups excluding carboxylic acids is 1. The largest absolute Gasteiger partial charge is 0.369 e. The fraction of sp³-hybridized carbons (Fsp3) is 0.308. The molecule has 0 saturated heterocycles. The summed E-state index contributed by atoms with van der Waals surface area (Å²) < 4.78 is 14.9. The number of aromatic nitrogens is 3. The van der Waals surface area contributed by atoms with Crippen LogP contribution in [0.3, 0.4) is 0 Å². The predicted molar refractivity (Wildman–Crippen MR) is 74.1 cm³/mol. The average molecular weight is 277 g/mol. The van der Waals surface area contributed by atoms with Gasteiger partial charge in [-0.2, -0.15) is 5.10 Å². The fourth-order valence-electron chi connectivity index (χ4n) is 1.68. The van der Waals surface area contributed by atoms with E-state index in [0.717, 1.165) is 18.7 Å². The molecule has 0 radical (unpaired) electrons. The molecule has 0 aliphatic rings. The second kappa shape index (κ2) is 6.14. The zero-order valence-corrected chi connectivity index (χ0v) is 11.4. The van der Waals surface area contributed by atoms with Gasteiger partial charge in [-0.15, -0.1) is 0 Å². The summed E-state index contributed by atoms with van der Waals surface area (Å²) in [5.41, 5.74) is 0.713. The van der Waals surface area contributed by atoms with E-state index in [1.807, 2.05) is 6.92 Å². The summed E-state index contributed by atoms with van der Waals surface area (Å²) in [5, 5.41) is 9.61. The summed E-state index contributed by atoms with van der Waals surface area (Å²) in [4.78, 5) is 16.1. The predicted octanol–water partition coefficient (Wildman–Crippen LogP) is 2.03. The molecule has 2 aromatic rings. The molecular weight excluding hydrogens is 261 g/mol. The normalized spacial score (nSPS) is 10.3. The van der Waals surface area contributed by atoms with Crippen LogP contribution in [0.1, 0.15) is 23.7 Å². The first-order valence-corrected chi connectivity index (χ1v) is 6.29. The number of aryl methyl sites for hydroxylation is 1. The lowest BCUT2D eigenvalue weighted by atomic mass is 10.2. The van der Waals surface area contributed by atoms with Crippen molar-refractivity contribution in [2.24, 2.45) is 7.05 Å². The molecule has 20 heavy (non-hydrogen) atoms. The van der Waals surface area contributed by atoms with Crippen LogP contribution < -0.4 is 10.6 Å². The van der Waals surface area contributed by atoms with Crippen LogP contribution >= 0.6 is 0 Å². The molecule has 0 fully saturated rings. The summed E-state index contributed by atoms with van der Waals surface area (Å²) in [7, 11) is 1.74. The number of hydrogen-bond acceptors (Lipinski definition) is 4. The van der Waals surface area contributed by atoms with Crippen molar-refractivity contribution in [2.75, 3.05) is 17.2 Å². The third kappa shape index (κ3) is 3.31. The molecule has 0 aromatic carbocycles. The highest BCUT2D eigenvalue weighted by Crippen LogP contribution is 2.16. The van der Waals surface area contributed by atoms with Crippen LogP contribution in [0.2, 0.25) is 0 Å². The van der Waals surface area contributed by atoms with Gasteiger partial charge < -0.3 is 10.6 Å². The van der Waals surface area contributed by atoms with Crippen molar-refractivity contribution in [2.45, 2.75) is 13.3 Å². The van der Waals surface area contributed by atoms with E-state index in [4.69, 9.17) is 0 Å². The molecule has 0 spiro atoms. The smallest absolute Gasteiger partial charge is 0.259 e. The average Bonchev–Trinajstić information content (AvgIpc) is 2.82. The number of hydrogen-bond donors (Lipinski definition) is 2. The number of carbonyl (C=O) groups is 1. The van der Waals surface area contributed by atoms with E-state index in [1.54, 1.807) is 17.9 Å². The van der Waals surface area contributed by atoms with Crippen LogP contribution in [0.15, 0.2) is 24.7 Å². The summed E-state index contributed by atoms with van der Waals surface area (Å²) in [6, 6.07) is 1.16. The Kier molecular flexibility index (Phi) is 4.29. The van der Waals surface area contributed by atoms with Crippen molar-refractivity contribution in [3.63, 3.8) is 0 Å². The maximum Gasteiger partial charge on any atom is 0.259 e. The second-order valence-corrected chi connectivity index (χ2v) is 4.33. The minimum Gasteiger partial charge on any atom is -0.369 e. The van der Waals surface area contributed by atoms with Gasteiger partial charge in [0.05, 0.1) is 23.6 Å².